The lowest BCUT2D eigenvalue weighted by molar-refractivity contribution is 0.417. The number of aryl methyl sites for hydroxylation is 1. The van der Waals surface area contributed by atoms with Crippen LogP contribution in [0.15, 0.2) is 23.6 Å². The molecule has 0 aliphatic heterocycles. The predicted molar refractivity (Wildman–Crippen MR) is 71.6 cm³/mol. The van der Waals surface area contributed by atoms with Gasteiger partial charge >= 0.3 is 0 Å². The third-order valence-electron chi connectivity index (χ3n) is 2.38. The van der Waals surface area contributed by atoms with Gasteiger partial charge in [0.25, 0.3) is 0 Å². The van der Waals surface area contributed by atoms with E-state index in [1.54, 1.807) is 18.4 Å². The lowest BCUT2D eigenvalue weighted by Gasteiger charge is -2.10. The molecule has 1 heterocycles. The van der Waals surface area contributed by atoms with Crippen molar-refractivity contribution in [1.29, 1.82) is 0 Å². The molecule has 0 unspecified atom stereocenters. The van der Waals surface area contributed by atoms with E-state index < -0.39 is 0 Å². The van der Waals surface area contributed by atoms with Crippen LogP contribution in [-0.2, 0) is 6.54 Å². The number of para-hydroxylation sites is 1. The average molecular weight is 249 g/mol. The number of hydrogen-bond acceptors (Lipinski definition) is 5. The summed E-state index contributed by atoms with van der Waals surface area (Å²) in [4.78, 5) is 4.38. The van der Waals surface area contributed by atoms with Crippen molar-refractivity contribution in [2.75, 3.05) is 18.2 Å². The highest BCUT2D eigenvalue weighted by molar-refractivity contribution is 7.09. The molecule has 5 heteroatoms. The Morgan fingerprint density at radius 1 is 1.47 bits per heavy atom. The van der Waals surface area contributed by atoms with E-state index in [1.165, 1.54) is 0 Å². The fourth-order valence-electron chi connectivity index (χ4n) is 1.53. The number of nitrogen functional groups attached to an aromatic ring is 1. The molecule has 0 spiro atoms. The van der Waals surface area contributed by atoms with E-state index in [0.29, 0.717) is 18.0 Å². The van der Waals surface area contributed by atoms with E-state index in [2.05, 4.69) is 10.3 Å². The number of methoxy groups -OCH3 is 1. The number of nitrogens with one attached hydrogen (secondary N) is 1. The molecule has 0 saturated heterocycles. The van der Waals surface area contributed by atoms with Gasteiger partial charge in [-0.2, -0.15) is 0 Å². The summed E-state index contributed by atoms with van der Waals surface area (Å²) in [7, 11) is 1.61. The van der Waals surface area contributed by atoms with Crippen LogP contribution in [-0.4, -0.2) is 12.1 Å². The molecular weight excluding hydrogens is 234 g/mol. The van der Waals surface area contributed by atoms with Crippen molar-refractivity contribution >= 4 is 22.7 Å². The van der Waals surface area contributed by atoms with Gasteiger partial charge in [0.05, 0.1) is 25.0 Å². The standard InChI is InChI=1S/C12H15N3OS/c1-8-7-17-11(15-8)6-14-9-4-3-5-10(16-2)12(9)13/h3-5,7,14H,6,13H2,1-2H3. The monoisotopic (exact) mass is 249 g/mol. The van der Waals surface area contributed by atoms with Crippen molar-refractivity contribution in [3.63, 3.8) is 0 Å². The summed E-state index contributed by atoms with van der Waals surface area (Å²) in [5, 5.41) is 6.34. The van der Waals surface area contributed by atoms with Crippen molar-refractivity contribution in [3.8, 4) is 5.75 Å². The van der Waals surface area contributed by atoms with Crippen molar-refractivity contribution in [1.82, 2.24) is 4.98 Å². The first kappa shape index (κ1) is 11.7. The normalized spacial score (nSPS) is 10.2. The van der Waals surface area contributed by atoms with Gasteiger partial charge in [-0.3, -0.25) is 0 Å². The van der Waals surface area contributed by atoms with Gasteiger partial charge in [-0.15, -0.1) is 11.3 Å². The first-order valence-electron chi connectivity index (χ1n) is 5.28. The zero-order valence-corrected chi connectivity index (χ0v) is 10.7. The van der Waals surface area contributed by atoms with E-state index >= 15 is 0 Å². The third-order valence-corrected chi connectivity index (χ3v) is 3.35. The van der Waals surface area contributed by atoms with Crippen LogP contribution < -0.4 is 15.8 Å². The molecule has 4 nitrogen and oxygen atoms in total. The summed E-state index contributed by atoms with van der Waals surface area (Å²) >= 11 is 1.64. The maximum Gasteiger partial charge on any atom is 0.143 e. The highest BCUT2D eigenvalue weighted by Crippen LogP contribution is 2.29. The summed E-state index contributed by atoms with van der Waals surface area (Å²) in [6.45, 7) is 2.66. The van der Waals surface area contributed by atoms with Gasteiger partial charge in [0, 0.05) is 11.1 Å². The summed E-state index contributed by atoms with van der Waals surface area (Å²) in [5.74, 6) is 0.685. The second-order valence-electron chi connectivity index (χ2n) is 3.66. The van der Waals surface area contributed by atoms with Crippen LogP contribution in [0.4, 0.5) is 11.4 Å². The van der Waals surface area contributed by atoms with Crippen molar-refractivity contribution in [2.24, 2.45) is 0 Å². The molecule has 0 aliphatic rings. The number of rotatable bonds is 4. The first-order valence-corrected chi connectivity index (χ1v) is 6.16. The van der Waals surface area contributed by atoms with Crippen LogP contribution in [0.2, 0.25) is 0 Å². The van der Waals surface area contributed by atoms with E-state index in [1.807, 2.05) is 30.5 Å². The smallest absolute Gasteiger partial charge is 0.143 e. The quantitative estimate of drug-likeness (QED) is 0.818. The van der Waals surface area contributed by atoms with E-state index in [9.17, 15) is 0 Å². The van der Waals surface area contributed by atoms with Gasteiger partial charge in [0.1, 0.15) is 10.8 Å². The maximum atomic E-state index is 5.96. The average Bonchev–Trinajstić information content (AvgIpc) is 2.74. The second-order valence-corrected chi connectivity index (χ2v) is 4.60. The number of nitrogens with two attached hydrogens (primary N) is 1. The van der Waals surface area contributed by atoms with Crippen LogP contribution in [0.1, 0.15) is 10.7 Å². The van der Waals surface area contributed by atoms with E-state index in [0.717, 1.165) is 16.4 Å². The minimum atomic E-state index is 0.628. The summed E-state index contributed by atoms with van der Waals surface area (Å²) < 4.78 is 5.16. The van der Waals surface area contributed by atoms with E-state index in [-0.39, 0.29) is 0 Å². The third kappa shape index (κ3) is 2.68. The van der Waals surface area contributed by atoms with Crippen LogP contribution in [0, 0.1) is 6.92 Å². The molecule has 0 saturated carbocycles. The Kier molecular flexibility index (Phi) is 3.49. The number of ether oxygens (including phenoxy) is 1. The number of nitrogens with zero attached hydrogens (tertiary/aromatic N) is 1. The van der Waals surface area contributed by atoms with Crippen molar-refractivity contribution in [2.45, 2.75) is 13.5 Å². The zero-order chi connectivity index (χ0) is 12.3. The molecule has 0 atom stereocenters. The van der Waals surface area contributed by atoms with E-state index in [4.69, 9.17) is 10.5 Å². The fourth-order valence-corrected chi connectivity index (χ4v) is 2.24. The molecule has 1 aromatic carbocycles. The first-order chi connectivity index (χ1) is 8.20. The number of thiazole rings is 1. The summed E-state index contributed by atoms with van der Waals surface area (Å²) in [5.41, 5.74) is 8.51. The Morgan fingerprint density at radius 2 is 2.29 bits per heavy atom. The number of aromatic nitrogens is 1. The van der Waals surface area contributed by atoms with Crippen LogP contribution in [0.5, 0.6) is 5.75 Å². The summed E-state index contributed by atoms with van der Waals surface area (Å²) in [6, 6.07) is 5.68. The minimum Gasteiger partial charge on any atom is -0.495 e. The Hall–Kier alpha value is -1.75. The largest absolute Gasteiger partial charge is 0.495 e. The number of anilines is 2. The van der Waals surface area contributed by atoms with Crippen molar-refractivity contribution in [3.05, 3.63) is 34.3 Å². The van der Waals surface area contributed by atoms with Crippen molar-refractivity contribution < 1.29 is 4.74 Å². The Balaban J connectivity index is 2.09. The van der Waals surface area contributed by atoms with Gasteiger partial charge in [0.2, 0.25) is 0 Å². The number of hydrogen-bond donors (Lipinski definition) is 2. The highest BCUT2D eigenvalue weighted by Gasteiger charge is 2.05. The highest BCUT2D eigenvalue weighted by atomic mass is 32.1. The Labute approximate surface area is 104 Å². The molecule has 2 rings (SSSR count). The van der Waals surface area contributed by atoms with Crippen LogP contribution in [0.3, 0.4) is 0 Å². The summed E-state index contributed by atoms with van der Waals surface area (Å²) in [6.07, 6.45) is 0. The molecule has 1 aromatic heterocycles. The van der Waals surface area contributed by atoms with Gasteiger partial charge in [-0.1, -0.05) is 6.07 Å². The molecule has 0 aliphatic carbocycles. The molecule has 0 bridgehead atoms. The molecule has 0 radical (unpaired) electrons. The lowest BCUT2D eigenvalue weighted by atomic mass is 10.2. The van der Waals surface area contributed by atoms with Crippen LogP contribution in [0.25, 0.3) is 0 Å². The van der Waals surface area contributed by atoms with Gasteiger partial charge < -0.3 is 15.8 Å². The molecular formula is C12H15N3OS. The molecule has 0 amide bonds. The zero-order valence-electron chi connectivity index (χ0n) is 9.86. The predicted octanol–water partition coefficient (Wildman–Crippen LogP) is 2.65. The van der Waals surface area contributed by atoms with Gasteiger partial charge in [-0.25, -0.2) is 4.98 Å². The SMILES string of the molecule is COc1cccc(NCc2nc(C)cs2)c1N. The van der Waals surface area contributed by atoms with Gasteiger partial charge in [0.15, 0.2) is 0 Å². The molecule has 0 fully saturated rings. The fraction of sp³-hybridized carbons (Fsp3) is 0.250. The number of benzene rings is 1. The Morgan fingerprint density at radius 3 is 2.94 bits per heavy atom. The molecule has 2 aromatic rings. The van der Waals surface area contributed by atoms with Crippen LogP contribution >= 0.6 is 11.3 Å². The molecule has 17 heavy (non-hydrogen) atoms. The minimum absolute atomic E-state index is 0.628. The Bertz CT molecular complexity index is 510. The molecule has 3 N–H and O–H groups in total. The molecule has 90 valence electrons. The van der Waals surface area contributed by atoms with Gasteiger partial charge in [-0.05, 0) is 19.1 Å². The topological polar surface area (TPSA) is 60.2 Å². The second kappa shape index (κ2) is 5.05. The lowest BCUT2D eigenvalue weighted by Crippen LogP contribution is -2.03. The maximum absolute atomic E-state index is 5.96.